The molecule has 3 aromatic rings. The van der Waals surface area contributed by atoms with Gasteiger partial charge in [-0.25, -0.2) is 4.39 Å². The first-order valence-corrected chi connectivity index (χ1v) is 9.12. The molecule has 5 heteroatoms. The van der Waals surface area contributed by atoms with Crippen LogP contribution in [0.25, 0.3) is 0 Å². The Hall–Kier alpha value is -3.21. The zero-order valence-electron chi connectivity index (χ0n) is 16.5. The second-order valence-electron chi connectivity index (χ2n) is 7.01. The van der Waals surface area contributed by atoms with Crippen molar-refractivity contribution in [2.45, 2.75) is 34.2 Å². The van der Waals surface area contributed by atoms with Crippen molar-refractivity contribution in [2.24, 2.45) is 0 Å². The zero-order valence-corrected chi connectivity index (χ0v) is 16.5. The number of carbonyl (C=O) groups is 1. The Morgan fingerprint density at radius 3 is 2.14 bits per heavy atom. The van der Waals surface area contributed by atoms with Gasteiger partial charge in [0.15, 0.2) is 5.82 Å². The Morgan fingerprint density at radius 2 is 1.54 bits per heavy atom. The summed E-state index contributed by atoms with van der Waals surface area (Å²) in [5.74, 6) is -1.44. The van der Waals surface area contributed by atoms with E-state index in [0.717, 1.165) is 22.4 Å². The molecule has 0 saturated heterocycles. The predicted molar refractivity (Wildman–Crippen MR) is 109 cm³/mol. The number of benzene rings is 2. The first kappa shape index (κ1) is 19.5. The van der Waals surface area contributed by atoms with Crippen LogP contribution in [0.5, 0.6) is 0 Å². The normalized spacial score (nSPS) is 10.8. The molecule has 1 aromatic heterocycles. The van der Waals surface area contributed by atoms with E-state index >= 15 is 0 Å². The standard InChI is InChI=1S/C23H23FN2O2/c1-14-9-8-10-15(2)21(14)26(13-18-11-6-5-7-12-18)23(28)19-16(3)25-17(4)20(24)22(19)27/h5-12H,13H2,1-4H3,(H,25,27). The summed E-state index contributed by atoms with van der Waals surface area (Å²) in [5, 5.41) is 0. The molecule has 0 bridgehead atoms. The van der Waals surface area contributed by atoms with Crippen LogP contribution in [0.3, 0.4) is 0 Å². The van der Waals surface area contributed by atoms with Gasteiger partial charge >= 0.3 is 0 Å². The molecule has 4 nitrogen and oxygen atoms in total. The molecular formula is C23H23FN2O2. The van der Waals surface area contributed by atoms with Gasteiger partial charge in [-0.1, -0.05) is 48.5 Å². The number of aromatic nitrogens is 1. The largest absolute Gasteiger partial charge is 0.359 e. The summed E-state index contributed by atoms with van der Waals surface area (Å²) < 4.78 is 14.3. The van der Waals surface area contributed by atoms with Crippen LogP contribution in [0.1, 0.15) is 38.4 Å². The quantitative estimate of drug-likeness (QED) is 0.722. The minimum atomic E-state index is -0.921. The van der Waals surface area contributed by atoms with Gasteiger partial charge in [0.05, 0.1) is 17.9 Å². The Morgan fingerprint density at radius 1 is 0.929 bits per heavy atom. The average Bonchev–Trinajstić information content (AvgIpc) is 2.66. The van der Waals surface area contributed by atoms with Crippen LogP contribution < -0.4 is 10.3 Å². The number of hydrogen-bond donors (Lipinski definition) is 1. The number of nitrogens with zero attached hydrogens (tertiary/aromatic N) is 1. The SMILES string of the molecule is Cc1cccc(C)c1N(Cc1ccccc1)C(=O)c1c(C)[nH]c(C)c(F)c1=O. The van der Waals surface area contributed by atoms with Crippen molar-refractivity contribution in [3.8, 4) is 0 Å². The smallest absolute Gasteiger partial charge is 0.264 e. The highest BCUT2D eigenvalue weighted by molar-refractivity contribution is 6.07. The molecule has 0 aliphatic heterocycles. The summed E-state index contributed by atoms with van der Waals surface area (Å²) >= 11 is 0. The number of H-pyrrole nitrogens is 1. The van der Waals surface area contributed by atoms with E-state index in [2.05, 4.69) is 4.98 Å². The maximum Gasteiger partial charge on any atom is 0.264 e. The maximum atomic E-state index is 14.3. The fourth-order valence-corrected chi connectivity index (χ4v) is 3.49. The van der Waals surface area contributed by atoms with Gasteiger partial charge in [-0.3, -0.25) is 9.59 Å². The van der Waals surface area contributed by atoms with Crippen LogP contribution in [0.2, 0.25) is 0 Å². The molecule has 3 rings (SSSR count). The number of amides is 1. The van der Waals surface area contributed by atoms with E-state index < -0.39 is 17.2 Å². The third-order valence-corrected chi connectivity index (χ3v) is 4.86. The van der Waals surface area contributed by atoms with Crippen LogP contribution in [0, 0.1) is 33.5 Å². The molecule has 0 aliphatic carbocycles. The second kappa shape index (κ2) is 7.80. The van der Waals surface area contributed by atoms with Gasteiger partial charge in [0.1, 0.15) is 5.56 Å². The van der Waals surface area contributed by atoms with Crippen molar-refractivity contribution in [2.75, 3.05) is 4.90 Å². The van der Waals surface area contributed by atoms with Crippen molar-refractivity contribution in [3.05, 3.63) is 98.2 Å². The number of aryl methyl sites for hydroxylation is 4. The first-order chi connectivity index (χ1) is 13.3. The highest BCUT2D eigenvalue weighted by Crippen LogP contribution is 2.28. The Kier molecular flexibility index (Phi) is 5.45. The van der Waals surface area contributed by atoms with E-state index in [1.54, 1.807) is 11.8 Å². The molecular weight excluding hydrogens is 355 g/mol. The van der Waals surface area contributed by atoms with E-state index in [0.29, 0.717) is 5.69 Å². The van der Waals surface area contributed by atoms with Crippen molar-refractivity contribution >= 4 is 11.6 Å². The monoisotopic (exact) mass is 378 g/mol. The van der Waals surface area contributed by atoms with Crippen molar-refractivity contribution in [1.29, 1.82) is 0 Å². The van der Waals surface area contributed by atoms with Crippen LogP contribution in [-0.4, -0.2) is 10.9 Å². The number of carbonyl (C=O) groups excluding carboxylic acids is 1. The number of anilines is 1. The molecule has 0 aliphatic rings. The van der Waals surface area contributed by atoms with E-state index in [-0.39, 0.29) is 17.8 Å². The van der Waals surface area contributed by atoms with Gasteiger partial charge < -0.3 is 9.88 Å². The number of hydrogen-bond acceptors (Lipinski definition) is 2. The molecule has 1 amide bonds. The highest BCUT2D eigenvalue weighted by Gasteiger charge is 2.27. The third kappa shape index (κ3) is 3.60. The number of nitrogens with one attached hydrogen (secondary N) is 1. The summed E-state index contributed by atoms with van der Waals surface area (Å²) in [6.07, 6.45) is 0. The first-order valence-electron chi connectivity index (χ1n) is 9.12. The van der Waals surface area contributed by atoms with Gasteiger partial charge in [0.25, 0.3) is 5.91 Å². The molecule has 144 valence electrons. The highest BCUT2D eigenvalue weighted by atomic mass is 19.1. The van der Waals surface area contributed by atoms with Crippen LogP contribution in [-0.2, 0) is 6.54 Å². The number of pyridine rings is 1. The number of para-hydroxylation sites is 1. The summed E-state index contributed by atoms with van der Waals surface area (Å²) in [4.78, 5) is 30.4. The minimum Gasteiger partial charge on any atom is -0.359 e. The molecule has 0 spiro atoms. The van der Waals surface area contributed by atoms with E-state index in [4.69, 9.17) is 0 Å². The van der Waals surface area contributed by atoms with E-state index in [1.165, 1.54) is 6.92 Å². The van der Waals surface area contributed by atoms with Crippen molar-refractivity contribution < 1.29 is 9.18 Å². The van der Waals surface area contributed by atoms with Gasteiger partial charge in [0.2, 0.25) is 5.43 Å². The fourth-order valence-electron chi connectivity index (χ4n) is 3.49. The lowest BCUT2D eigenvalue weighted by atomic mass is 10.0. The van der Waals surface area contributed by atoms with Crippen molar-refractivity contribution in [1.82, 2.24) is 4.98 Å². The van der Waals surface area contributed by atoms with E-state index in [1.807, 2.05) is 62.4 Å². The van der Waals surface area contributed by atoms with Gasteiger partial charge in [0, 0.05) is 5.69 Å². The van der Waals surface area contributed by atoms with Crippen LogP contribution in [0.4, 0.5) is 10.1 Å². The molecule has 0 radical (unpaired) electrons. The summed E-state index contributed by atoms with van der Waals surface area (Å²) in [5.41, 5.74) is 2.91. The lowest BCUT2D eigenvalue weighted by Gasteiger charge is -2.27. The number of rotatable bonds is 4. The van der Waals surface area contributed by atoms with Crippen molar-refractivity contribution in [3.63, 3.8) is 0 Å². The molecule has 0 fully saturated rings. The lowest BCUT2D eigenvalue weighted by molar-refractivity contribution is 0.0982. The van der Waals surface area contributed by atoms with Crippen LogP contribution >= 0.6 is 0 Å². The molecule has 0 saturated carbocycles. The molecule has 2 aromatic carbocycles. The molecule has 1 N–H and O–H groups in total. The topological polar surface area (TPSA) is 53.2 Å². The Labute approximate surface area is 163 Å². The second-order valence-corrected chi connectivity index (χ2v) is 7.01. The Balaban J connectivity index is 2.19. The maximum absolute atomic E-state index is 14.3. The molecule has 0 unspecified atom stereocenters. The lowest BCUT2D eigenvalue weighted by Crippen LogP contribution is -2.37. The number of aromatic amines is 1. The van der Waals surface area contributed by atoms with Crippen LogP contribution in [0.15, 0.2) is 53.3 Å². The molecule has 1 heterocycles. The predicted octanol–water partition coefficient (Wildman–Crippen LogP) is 4.59. The minimum absolute atomic E-state index is 0.126. The third-order valence-electron chi connectivity index (χ3n) is 4.86. The van der Waals surface area contributed by atoms with Gasteiger partial charge in [-0.05, 0) is 44.4 Å². The van der Waals surface area contributed by atoms with Gasteiger partial charge in [-0.15, -0.1) is 0 Å². The summed E-state index contributed by atoms with van der Waals surface area (Å²) in [6.45, 7) is 7.21. The van der Waals surface area contributed by atoms with E-state index in [9.17, 15) is 14.0 Å². The zero-order chi connectivity index (χ0) is 20.4. The Bertz CT molecular complexity index is 1070. The van der Waals surface area contributed by atoms with Gasteiger partial charge in [-0.2, -0.15) is 0 Å². The summed E-state index contributed by atoms with van der Waals surface area (Å²) in [7, 11) is 0. The molecule has 28 heavy (non-hydrogen) atoms. The fraction of sp³-hybridized carbons (Fsp3) is 0.217. The summed E-state index contributed by atoms with van der Waals surface area (Å²) in [6, 6.07) is 15.3. The average molecular weight is 378 g/mol. The number of halogens is 1. The molecule has 0 atom stereocenters.